The number of carbonyl (C=O) groups is 2. The van der Waals surface area contributed by atoms with Gasteiger partial charge in [-0.2, -0.15) is 0 Å². The molecule has 1 aromatic rings. The van der Waals surface area contributed by atoms with Crippen LogP contribution in [0.25, 0.3) is 0 Å². The number of hydrogen-bond donors (Lipinski definition) is 1. The Morgan fingerprint density at radius 2 is 1.95 bits per heavy atom. The maximum atomic E-state index is 12.1. The molecule has 0 bridgehead atoms. The number of carbonyl (C=O) groups excluding carboxylic acids is 1. The van der Waals surface area contributed by atoms with E-state index in [9.17, 15) is 14.7 Å². The molecule has 0 amide bonds. The zero-order valence-corrected chi connectivity index (χ0v) is 12.9. The number of rotatable bonds is 4. The number of esters is 1. The van der Waals surface area contributed by atoms with E-state index in [1.807, 2.05) is 0 Å². The summed E-state index contributed by atoms with van der Waals surface area (Å²) in [6.07, 6.45) is -0.00319. The molecule has 0 spiro atoms. The minimum atomic E-state index is -1.28. The summed E-state index contributed by atoms with van der Waals surface area (Å²) >= 11 is 0. The Morgan fingerprint density at radius 3 is 2.59 bits per heavy atom. The van der Waals surface area contributed by atoms with Crippen LogP contribution in [0.3, 0.4) is 0 Å². The zero-order valence-electron chi connectivity index (χ0n) is 12.9. The van der Waals surface area contributed by atoms with Crippen LogP contribution in [0.2, 0.25) is 0 Å². The highest BCUT2D eigenvalue weighted by Crippen LogP contribution is 2.35. The van der Waals surface area contributed by atoms with Gasteiger partial charge in [0, 0.05) is 6.42 Å². The van der Waals surface area contributed by atoms with E-state index >= 15 is 0 Å². The first-order valence-corrected chi connectivity index (χ1v) is 7.11. The van der Waals surface area contributed by atoms with E-state index in [-0.39, 0.29) is 6.42 Å². The molecule has 0 saturated heterocycles. The van der Waals surface area contributed by atoms with Crippen molar-refractivity contribution < 1.29 is 28.9 Å². The normalized spacial score (nSPS) is 15.0. The Kier molecular flexibility index (Phi) is 4.59. The predicted octanol–water partition coefficient (Wildman–Crippen LogP) is 2.04. The lowest BCUT2D eigenvalue weighted by molar-refractivity contribution is -0.166. The lowest BCUT2D eigenvalue weighted by Gasteiger charge is -2.24. The van der Waals surface area contributed by atoms with Crippen molar-refractivity contribution in [1.82, 2.24) is 0 Å². The molecule has 120 valence electrons. The van der Waals surface area contributed by atoms with Gasteiger partial charge in [0.15, 0.2) is 17.4 Å². The second kappa shape index (κ2) is 6.25. The largest absolute Gasteiger partial charge is 0.486 e. The Balaban J connectivity index is 2.22. The highest BCUT2D eigenvalue weighted by molar-refractivity contribution is 5.94. The van der Waals surface area contributed by atoms with Gasteiger partial charge in [0.25, 0.3) is 0 Å². The third kappa shape index (κ3) is 3.90. The molecule has 22 heavy (non-hydrogen) atoms. The molecule has 0 radical (unpaired) electrons. The van der Waals surface area contributed by atoms with Gasteiger partial charge in [0.05, 0.1) is 0 Å². The summed E-state index contributed by atoms with van der Waals surface area (Å²) in [5, 5.41) is 9.33. The van der Waals surface area contributed by atoms with Crippen LogP contribution >= 0.6 is 0 Å². The van der Waals surface area contributed by atoms with Crippen LogP contribution < -0.4 is 9.47 Å². The topological polar surface area (TPSA) is 82.1 Å². The Bertz CT molecular complexity index is 572. The van der Waals surface area contributed by atoms with Crippen molar-refractivity contribution in [1.29, 1.82) is 0 Å². The van der Waals surface area contributed by atoms with Crippen LogP contribution in [0, 0.1) is 5.92 Å². The van der Waals surface area contributed by atoms with E-state index in [1.165, 1.54) is 0 Å². The molecule has 1 aromatic carbocycles. The molecule has 1 N–H and O–H groups in total. The second-order valence-corrected chi connectivity index (χ2v) is 6.07. The molecule has 1 atom stereocenters. The van der Waals surface area contributed by atoms with E-state index in [2.05, 4.69) is 0 Å². The van der Waals surface area contributed by atoms with E-state index < -0.39 is 23.5 Å². The van der Waals surface area contributed by atoms with Gasteiger partial charge in [-0.1, -0.05) is 12.1 Å². The average molecular weight is 308 g/mol. The van der Waals surface area contributed by atoms with E-state index in [0.717, 1.165) is 0 Å². The minimum Gasteiger partial charge on any atom is -0.486 e. The Labute approximate surface area is 129 Å². The third-order valence-electron chi connectivity index (χ3n) is 3.06. The lowest BCUT2D eigenvalue weighted by atomic mass is 9.98. The number of hydrogen-bond acceptors (Lipinski definition) is 5. The highest BCUT2D eigenvalue weighted by Gasteiger charge is 2.32. The van der Waals surface area contributed by atoms with Crippen LogP contribution in [-0.4, -0.2) is 35.9 Å². The van der Waals surface area contributed by atoms with Crippen molar-refractivity contribution in [3.05, 3.63) is 23.8 Å². The monoisotopic (exact) mass is 308 g/mol. The molecular formula is C16H20O6. The van der Waals surface area contributed by atoms with Crippen molar-refractivity contribution in [2.75, 3.05) is 13.2 Å². The number of carboxylic acid groups (broad SMARTS) is 1. The number of aliphatic carboxylic acids is 1. The van der Waals surface area contributed by atoms with Gasteiger partial charge in [-0.15, -0.1) is 0 Å². The molecule has 0 saturated carbocycles. The molecule has 2 rings (SSSR count). The first-order valence-electron chi connectivity index (χ1n) is 7.11. The summed E-state index contributed by atoms with van der Waals surface area (Å²) in [6, 6.07) is 5.23. The summed E-state index contributed by atoms with van der Waals surface area (Å²) in [5.41, 5.74) is -0.115. The summed E-state index contributed by atoms with van der Waals surface area (Å²) in [5.74, 6) is -2.19. The summed E-state index contributed by atoms with van der Waals surface area (Å²) in [4.78, 5) is 23.5. The van der Waals surface area contributed by atoms with Crippen molar-refractivity contribution in [3.8, 4) is 11.5 Å². The van der Waals surface area contributed by atoms with Gasteiger partial charge in [-0.3, -0.25) is 9.59 Å². The van der Waals surface area contributed by atoms with Crippen LogP contribution in [0.1, 0.15) is 26.3 Å². The number of carboxylic acids is 1. The second-order valence-electron chi connectivity index (χ2n) is 6.07. The first-order chi connectivity index (χ1) is 10.3. The smallest absolute Gasteiger partial charge is 0.321 e. The van der Waals surface area contributed by atoms with Crippen molar-refractivity contribution in [2.45, 2.75) is 32.8 Å². The third-order valence-corrected chi connectivity index (χ3v) is 3.06. The van der Waals surface area contributed by atoms with Gasteiger partial charge >= 0.3 is 11.9 Å². The molecule has 1 heterocycles. The van der Waals surface area contributed by atoms with E-state index in [4.69, 9.17) is 14.2 Å². The number of para-hydroxylation sites is 1. The quantitative estimate of drug-likeness (QED) is 0.677. The van der Waals surface area contributed by atoms with Crippen molar-refractivity contribution in [3.63, 3.8) is 0 Å². The number of ether oxygens (including phenoxy) is 3. The van der Waals surface area contributed by atoms with Crippen molar-refractivity contribution in [2.24, 2.45) is 5.92 Å². The maximum absolute atomic E-state index is 12.1. The van der Waals surface area contributed by atoms with Gasteiger partial charge in [0.1, 0.15) is 18.8 Å². The molecule has 6 nitrogen and oxygen atoms in total. The van der Waals surface area contributed by atoms with Crippen LogP contribution in [0.15, 0.2) is 18.2 Å². The minimum absolute atomic E-state index is 0.00319. The molecule has 0 fully saturated rings. The van der Waals surface area contributed by atoms with E-state index in [0.29, 0.717) is 30.3 Å². The molecule has 1 unspecified atom stereocenters. The first kappa shape index (κ1) is 16.1. The fraction of sp³-hybridized carbons (Fsp3) is 0.500. The fourth-order valence-electron chi connectivity index (χ4n) is 2.16. The van der Waals surface area contributed by atoms with Crippen LogP contribution in [0.4, 0.5) is 0 Å². The van der Waals surface area contributed by atoms with Gasteiger partial charge in [-0.05, 0) is 32.4 Å². The molecule has 0 aliphatic carbocycles. The fourth-order valence-corrected chi connectivity index (χ4v) is 2.16. The Hall–Kier alpha value is -2.24. The van der Waals surface area contributed by atoms with Crippen LogP contribution in [0.5, 0.6) is 11.5 Å². The maximum Gasteiger partial charge on any atom is 0.321 e. The average Bonchev–Trinajstić information content (AvgIpc) is 2.42. The summed E-state index contributed by atoms with van der Waals surface area (Å²) in [6.45, 7) is 5.94. The number of fused-ring (bicyclic) bond motifs is 1. The SMILES string of the molecule is CC(C)(C)OC(=O)C(Cc1cccc2c1OCCO2)C(=O)O. The molecular weight excluding hydrogens is 288 g/mol. The summed E-state index contributed by atoms with van der Waals surface area (Å²) < 4.78 is 16.2. The Morgan fingerprint density at radius 1 is 1.27 bits per heavy atom. The summed E-state index contributed by atoms with van der Waals surface area (Å²) in [7, 11) is 0. The molecule has 6 heteroatoms. The van der Waals surface area contributed by atoms with E-state index in [1.54, 1.807) is 39.0 Å². The lowest BCUT2D eigenvalue weighted by Crippen LogP contribution is -2.34. The predicted molar refractivity (Wildman–Crippen MR) is 78.1 cm³/mol. The standard InChI is InChI=1S/C16H20O6/c1-16(2,3)22-15(19)11(14(17)18)9-10-5-4-6-12-13(10)21-8-7-20-12/h4-6,11H,7-9H2,1-3H3,(H,17,18). The molecule has 1 aliphatic rings. The van der Waals surface area contributed by atoms with Crippen LogP contribution in [-0.2, 0) is 20.7 Å². The molecule has 0 aromatic heterocycles. The van der Waals surface area contributed by atoms with Gasteiger partial charge in [-0.25, -0.2) is 0 Å². The highest BCUT2D eigenvalue weighted by atomic mass is 16.6. The molecule has 1 aliphatic heterocycles. The number of benzene rings is 1. The van der Waals surface area contributed by atoms with Gasteiger partial charge in [0.2, 0.25) is 0 Å². The van der Waals surface area contributed by atoms with Gasteiger partial charge < -0.3 is 19.3 Å². The van der Waals surface area contributed by atoms with Crippen molar-refractivity contribution >= 4 is 11.9 Å². The zero-order chi connectivity index (χ0) is 16.3.